The average molecular weight is 598 g/mol. The van der Waals surface area contributed by atoms with Crippen molar-refractivity contribution in [3.05, 3.63) is 142 Å². The first kappa shape index (κ1) is 28.6. The Morgan fingerprint density at radius 1 is 0.682 bits per heavy atom. The van der Waals surface area contributed by atoms with Crippen LogP contribution in [0.1, 0.15) is 37.3 Å². The second-order valence-corrected chi connectivity index (χ2v) is 9.86. The monoisotopic (exact) mass is 597 g/mol. The topological polar surface area (TPSA) is 123 Å². The Hall–Kier alpha value is -5.55. The number of benzene rings is 4. The molecule has 0 aliphatic carbocycles. The smallest absolute Gasteiger partial charge is 0.422 e. The molecule has 0 saturated carbocycles. The van der Waals surface area contributed by atoms with Crippen molar-refractivity contribution in [1.82, 2.24) is 4.57 Å². The largest absolute Gasteiger partial charge is 0.452 e. The van der Waals surface area contributed by atoms with E-state index in [1.807, 2.05) is 0 Å². The second-order valence-electron chi connectivity index (χ2n) is 9.86. The van der Waals surface area contributed by atoms with Crippen molar-refractivity contribution in [2.24, 2.45) is 0 Å². The van der Waals surface area contributed by atoms with Crippen LogP contribution in [-0.2, 0) is 18.9 Å². The van der Waals surface area contributed by atoms with Crippen molar-refractivity contribution in [1.29, 1.82) is 0 Å². The van der Waals surface area contributed by atoms with Crippen LogP contribution in [0.25, 0.3) is 11.1 Å². The summed E-state index contributed by atoms with van der Waals surface area (Å²) < 4.78 is 44.1. The van der Waals surface area contributed by atoms with Gasteiger partial charge in [0.15, 0.2) is 30.1 Å². The highest BCUT2D eigenvalue weighted by molar-refractivity contribution is 5.91. The Labute approximate surface area is 249 Å². The number of carbonyl (C=O) groups excluding carboxylic acids is 3. The van der Waals surface area contributed by atoms with E-state index in [0.29, 0.717) is 0 Å². The number of fused-ring (bicyclic) bond motifs is 1. The van der Waals surface area contributed by atoms with E-state index in [1.165, 1.54) is 30.3 Å². The molecule has 6 rings (SSSR count). The Morgan fingerprint density at radius 2 is 1.18 bits per heavy atom. The average Bonchev–Trinajstić information content (AvgIpc) is 3.38. The van der Waals surface area contributed by atoms with Gasteiger partial charge in [0.2, 0.25) is 0 Å². The first-order valence-corrected chi connectivity index (χ1v) is 13.6. The molecule has 0 spiro atoms. The van der Waals surface area contributed by atoms with Gasteiger partial charge in [0.1, 0.15) is 5.82 Å². The number of ether oxygens (including phenoxy) is 4. The van der Waals surface area contributed by atoms with Crippen LogP contribution in [0.4, 0.5) is 4.39 Å². The standard InChI is InChI=1S/C33H24FNO9/c34-23-16-17-25-24(18-23)35(33(39)42-25)29-28(44-32(38)22-14-8-3-9-15-22)27(43-31(37)21-12-6-2-7-13-21)26(19-40-29)41-30(36)20-10-4-1-5-11-20/h1-18,26-29H,19H2/t26-,27-,28-,29-/m1/s1. The fourth-order valence-corrected chi connectivity index (χ4v) is 4.91. The number of carbonyl (C=O) groups is 3. The van der Waals surface area contributed by atoms with Crippen LogP contribution in [-0.4, -0.2) is 47.4 Å². The summed E-state index contributed by atoms with van der Waals surface area (Å²) in [5.74, 6) is -4.01. The summed E-state index contributed by atoms with van der Waals surface area (Å²) in [4.78, 5) is 52.9. The Morgan fingerprint density at radius 3 is 1.73 bits per heavy atom. The van der Waals surface area contributed by atoms with E-state index in [1.54, 1.807) is 66.7 Å². The zero-order valence-electron chi connectivity index (χ0n) is 22.9. The summed E-state index contributed by atoms with van der Waals surface area (Å²) in [7, 11) is 0. The predicted octanol–water partition coefficient (Wildman–Crippen LogP) is 4.94. The van der Waals surface area contributed by atoms with Gasteiger partial charge in [0.05, 0.1) is 28.8 Å². The molecule has 1 aliphatic rings. The molecule has 1 aromatic heterocycles. The number of hydrogen-bond acceptors (Lipinski definition) is 9. The summed E-state index contributed by atoms with van der Waals surface area (Å²) in [6.45, 7) is -0.385. The lowest BCUT2D eigenvalue weighted by atomic mass is 10.0. The van der Waals surface area contributed by atoms with E-state index in [2.05, 4.69) is 0 Å². The zero-order valence-corrected chi connectivity index (χ0v) is 22.9. The number of hydrogen-bond donors (Lipinski definition) is 0. The molecule has 222 valence electrons. The Bertz CT molecular complexity index is 1850. The van der Waals surface area contributed by atoms with Gasteiger partial charge in [-0.1, -0.05) is 54.6 Å². The van der Waals surface area contributed by atoms with Crippen LogP contribution in [0.3, 0.4) is 0 Å². The molecular formula is C33H24FNO9. The predicted molar refractivity (Wildman–Crippen MR) is 152 cm³/mol. The van der Waals surface area contributed by atoms with E-state index >= 15 is 0 Å². The van der Waals surface area contributed by atoms with Crippen molar-refractivity contribution >= 4 is 29.0 Å². The minimum atomic E-state index is -1.57. The quantitative estimate of drug-likeness (QED) is 0.190. The van der Waals surface area contributed by atoms with Crippen molar-refractivity contribution in [3.63, 3.8) is 0 Å². The molecule has 0 unspecified atom stereocenters. The van der Waals surface area contributed by atoms with Crippen LogP contribution in [0.2, 0.25) is 0 Å². The fourth-order valence-electron chi connectivity index (χ4n) is 4.91. The van der Waals surface area contributed by atoms with E-state index in [0.717, 1.165) is 16.7 Å². The highest BCUT2D eigenvalue weighted by Crippen LogP contribution is 2.33. The minimum Gasteiger partial charge on any atom is -0.452 e. The Kier molecular flexibility index (Phi) is 8.02. The molecule has 5 aromatic rings. The first-order valence-electron chi connectivity index (χ1n) is 13.6. The van der Waals surface area contributed by atoms with E-state index in [-0.39, 0.29) is 34.4 Å². The lowest BCUT2D eigenvalue weighted by molar-refractivity contribution is -0.212. The van der Waals surface area contributed by atoms with Gasteiger partial charge in [-0.3, -0.25) is 0 Å². The van der Waals surface area contributed by atoms with Crippen molar-refractivity contribution in [2.75, 3.05) is 6.61 Å². The van der Waals surface area contributed by atoms with Gasteiger partial charge in [-0.25, -0.2) is 28.1 Å². The number of oxazole rings is 1. The van der Waals surface area contributed by atoms with Crippen LogP contribution in [0.15, 0.2) is 118 Å². The molecule has 1 aliphatic heterocycles. The molecule has 4 aromatic carbocycles. The van der Waals surface area contributed by atoms with Gasteiger partial charge in [-0.15, -0.1) is 0 Å². The maximum atomic E-state index is 14.3. The number of nitrogens with zero attached hydrogens (tertiary/aromatic N) is 1. The SMILES string of the molecule is O=C(O[C@@H]1[C@H](OC(=O)c2ccccc2)[C@H](OC(=O)c2ccccc2)CO[C@H]1n1c(=O)oc2ccc(F)cc21)c1ccccc1. The molecule has 0 N–H and O–H groups in total. The number of rotatable bonds is 7. The maximum absolute atomic E-state index is 14.3. The molecule has 0 amide bonds. The highest BCUT2D eigenvalue weighted by Gasteiger charge is 2.49. The van der Waals surface area contributed by atoms with Crippen molar-refractivity contribution < 1.29 is 42.1 Å². The summed E-state index contributed by atoms with van der Waals surface area (Å²) >= 11 is 0. The lowest BCUT2D eigenvalue weighted by Gasteiger charge is -2.40. The Balaban J connectivity index is 1.44. The molecular weight excluding hydrogens is 573 g/mol. The van der Waals surface area contributed by atoms with Gasteiger partial charge in [-0.05, 0) is 48.5 Å². The molecule has 0 bridgehead atoms. The molecule has 1 saturated heterocycles. The molecule has 4 atom stereocenters. The van der Waals surface area contributed by atoms with Crippen LogP contribution in [0, 0.1) is 5.82 Å². The molecule has 44 heavy (non-hydrogen) atoms. The van der Waals surface area contributed by atoms with Gasteiger partial charge >= 0.3 is 23.7 Å². The fraction of sp³-hybridized carbons (Fsp3) is 0.152. The zero-order chi connectivity index (χ0) is 30.6. The van der Waals surface area contributed by atoms with Crippen LogP contribution < -0.4 is 5.76 Å². The summed E-state index contributed by atoms with van der Waals surface area (Å²) in [6.07, 6.45) is -5.81. The van der Waals surface area contributed by atoms with Crippen molar-refractivity contribution in [2.45, 2.75) is 24.5 Å². The molecule has 10 nitrogen and oxygen atoms in total. The summed E-state index contributed by atoms with van der Waals surface area (Å²) in [5, 5.41) is 0. The van der Waals surface area contributed by atoms with Gasteiger partial charge < -0.3 is 23.4 Å². The molecule has 0 radical (unpaired) electrons. The van der Waals surface area contributed by atoms with Crippen LogP contribution in [0.5, 0.6) is 0 Å². The minimum absolute atomic E-state index is 0.00799. The van der Waals surface area contributed by atoms with Gasteiger partial charge in [0.25, 0.3) is 0 Å². The van der Waals surface area contributed by atoms with E-state index in [4.69, 9.17) is 23.4 Å². The number of esters is 3. The lowest BCUT2D eigenvalue weighted by Crippen LogP contribution is -2.56. The molecule has 2 heterocycles. The molecule has 1 fully saturated rings. The normalized spacial score (nSPS) is 19.7. The van der Waals surface area contributed by atoms with Crippen molar-refractivity contribution in [3.8, 4) is 0 Å². The summed E-state index contributed by atoms with van der Waals surface area (Å²) in [5.41, 5.74) is 0.591. The van der Waals surface area contributed by atoms with Gasteiger partial charge in [0, 0.05) is 6.07 Å². The van der Waals surface area contributed by atoms with E-state index < -0.39 is 54.0 Å². The van der Waals surface area contributed by atoms with Crippen LogP contribution >= 0.6 is 0 Å². The first-order chi connectivity index (χ1) is 21.4. The molecule has 11 heteroatoms. The third-order valence-electron chi connectivity index (χ3n) is 7.00. The second kappa shape index (κ2) is 12.4. The number of aromatic nitrogens is 1. The van der Waals surface area contributed by atoms with Gasteiger partial charge in [-0.2, -0.15) is 0 Å². The highest BCUT2D eigenvalue weighted by atomic mass is 19.1. The van der Waals surface area contributed by atoms with E-state index in [9.17, 15) is 23.6 Å². The maximum Gasteiger partial charge on any atom is 0.422 e. The summed E-state index contributed by atoms with van der Waals surface area (Å²) in [6, 6.07) is 27.6. The third kappa shape index (κ3) is 5.86. The third-order valence-corrected chi connectivity index (χ3v) is 7.00. The number of halogens is 1.